The molecule has 0 bridgehead atoms. The van der Waals surface area contributed by atoms with Gasteiger partial charge in [-0.25, -0.2) is 8.42 Å². The molecule has 0 saturated carbocycles. The van der Waals surface area contributed by atoms with Crippen LogP contribution in [-0.4, -0.2) is 50.8 Å². The lowest BCUT2D eigenvalue weighted by atomic mass is 10.1. The Morgan fingerprint density at radius 3 is 2.40 bits per heavy atom. The quantitative estimate of drug-likeness (QED) is 0.747. The lowest BCUT2D eigenvalue weighted by Gasteiger charge is -2.34. The topological polar surface area (TPSA) is 40.6 Å². The minimum absolute atomic E-state index is 0.0757. The van der Waals surface area contributed by atoms with Gasteiger partial charge in [0.2, 0.25) is 10.0 Å². The first kappa shape index (κ1) is 16.4. The number of benzene rings is 1. The number of hydrogen-bond acceptors (Lipinski definition) is 3. The summed E-state index contributed by atoms with van der Waals surface area (Å²) in [6, 6.07) is 5.22. The van der Waals surface area contributed by atoms with Crippen molar-refractivity contribution in [2.75, 3.05) is 27.2 Å². The van der Waals surface area contributed by atoms with Gasteiger partial charge in [0, 0.05) is 22.0 Å². The Kier molecular flexibility index (Phi) is 5.29. The molecule has 0 N–H and O–H groups in total. The summed E-state index contributed by atoms with van der Waals surface area (Å²) in [6.45, 7) is 1.87. The minimum Gasteiger partial charge on any atom is -0.306 e. The molecule has 1 aromatic carbocycles. The molecule has 1 aromatic rings. The third-order valence-corrected chi connectivity index (χ3v) is 7.13. The van der Waals surface area contributed by atoms with Gasteiger partial charge in [0.15, 0.2) is 0 Å². The summed E-state index contributed by atoms with van der Waals surface area (Å²) in [5.41, 5.74) is 0. The summed E-state index contributed by atoms with van der Waals surface area (Å²) >= 11 is 6.68. The largest absolute Gasteiger partial charge is 0.306 e. The zero-order valence-corrected chi connectivity index (χ0v) is 15.5. The average Bonchev–Trinajstić information content (AvgIpc) is 2.38. The second kappa shape index (κ2) is 6.44. The van der Waals surface area contributed by atoms with E-state index in [0.717, 1.165) is 30.4 Å². The van der Waals surface area contributed by atoms with E-state index in [2.05, 4.69) is 43.8 Å². The maximum Gasteiger partial charge on any atom is 0.244 e. The molecule has 0 radical (unpaired) electrons. The van der Waals surface area contributed by atoms with E-state index in [4.69, 9.17) is 0 Å². The van der Waals surface area contributed by atoms with E-state index < -0.39 is 10.0 Å². The summed E-state index contributed by atoms with van der Waals surface area (Å²) in [5.74, 6) is 0. The summed E-state index contributed by atoms with van der Waals surface area (Å²) < 4.78 is 28.4. The average molecular weight is 426 g/mol. The Bertz CT molecular complexity index is 584. The van der Waals surface area contributed by atoms with Crippen LogP contribution in [0.3, 0.4) is 0 Å². The highest BCUT2D eigenvalue weighted by atomic mass is 79.9. The van der Waals surface area contributed by atoms with Crippen molar-refractivity contribution in [3.05, 3.63) is 27.1 Å². The van der Waals surface area contributed by atoms with Crippen molar-refractivity contribution in [1.29, 1.82) is 0 Å². The van der Waals surface area contributed by atoms with Crippen LogP contribution in [0.1, 0.15) is 12.8 Å². The molecule has 2 rings (SSSR count). The molecule has 0 atom stereocenters. The molecule has 4 nitrogen and oxygen atoms in total. The molecule has 0 unspecified atom stereocenters. The summed E-state index contributed by atoms with van der Waals surface area (Å²) in [7, 11) is 0.289. The smallest absolute Gasteiger partial charge is 0.244 e. The zero-order valence-electron chi connectivity index (χ0n) is 11.5. The van der Waals surface area contributed by atoms with Crippen LogP contribution in [0.5, 0.6) is 0 Å². The van der Waals surface area contributed by atoms with Crippen molar-refractivity contribution < 1.29 is 8.42 Å². The van der Waals surface area contributed by atoms with Gasteiger partial charge in [0.05, 0.1) is 4.90 Å². The van der Waals surface area contributed by atoms with E-state index in [1.165, 1.54) is 4.31 Å². The van der Waals surface area contributed by atoms with Crippen LogP contribution in [0.2, 0.25) is 0 Å². The van der Waals surface area contributed by atoms with E-state index in [1.54, 1.807) is 25.2 Å². The van der Waals surface area contributed by atoms with Crippen LogP contribution < -0.4 is 0 Å². The Balaban J connectivity index is 2.25. The van der Waals surface area contributed by atoms with E-state index >= 15 is 0 Å². The SMILES string of the molecule is CN1CCC(N(C)S(=O)(=O)c2ccc(Br)cc2Br)CC1. The van der Waals surface area contributed by atoms with Gasteiger partial charge in [-0.15, -0.1) is 0 Å². The molecular weight excluding hydrogens is 408 g/mol. The van der Waals surface area contributed by atoms with Gasteiger partial charge in [-0.05, 0) is 67.1 Å². The van der Waals surface area contributed by atoms with E-state index in [9.17, 15) is 8.42 Å². The van der Waals surface area contributed by atoms with Crippen LogP contribution in [0.15, 0.2) is 32.0 Å². The number of piperidine rings is 1. The van der Waals surface area contributed by atoms with Gasteiger partial charge < -0.3 is 4.90 Å². The van der Waals surface area contributed by atoms with Crippen LogP contribution in [0, 0.1) is 0 Å². The van der Waals surface area contributed by atoms with Crippen molar-refractivity contribution in [1.82, 2.24) is 9.21 Å². The fraction of sp³-hybridized carbons (Fsp3) is 0.538. The maximum atomic E-state index is 12.7. The Morgan fingerprint density at radius 1 is 1.25 bits per heavy atom. The number of hydrogen-bond donors (Lipinski definition) is 0. The fourth-order valence-electron chi connectivity index (χ4n) is 2.39. The Hall–Kier alpha value is 0.0500. The lowest BCUT2D eigenvalue weighted by Crippen LogP contribution is -2.44. The number of halogens is 2. The number of nitrogens with zero attached hydrogens (tertiary/aromatic N) is 2. The molecule has 0 aliphatic carbocycles. The summed E-state index contributed by atoms with van der Waals surface area (Å²) in [6.07, 6.45) is 1.75. The van der Waals surface area contributed by atoms with Crippen LogP contribution in [-0.2, 0) is 10.0 Å². The fourth-order valence-corrected chi connectivity index (χ4v) is 5.51. The van der Waals surface area contributed by atoms with Gasteiger partial charge >= 0.3 is 0 Å². The molecule has 1 fully saturated rings. The molecule has 1 heterocycles. The molecule has 0 spiro atoms. The molecule has 20 heavy (non-hydrogen) atoms. The van der Waals surface area contributed by atoms with Gasteiger partial charge in [0.1, 0.15) is 0 Å². The summed E-state index contributed by atoms with van der Waals surface area (Å²) in [5, 5.41) is 0. The van der Waals surface area contributed by atoms with Crippen molar-refractivity contribution in [3.63, 3.8) is 0 Å². The van der Waals surface area contributed by atoms with Crippen molar-refractivity contribution in [2.45, 2.75) is 23.8 Å². The third kappa shape index (κ3) is 3.44. The minimum atomic E-state index is -3.46. The van der Waals surface area contributed by atoms with Crippen LogP contribution >= 0.6 is 31.9 Å². The van der Waals surface area contributed by atoms with E-state index in [1.807, 2.05) is 0 Å². The predicted molar refractivity (Wildman–Crippen MR) is 87.3 cm³/mol. The second-order valence-electron chi connectivity index (χ2n) is 5.13. The molecule has 0 aromatic heterocycles. The van der Waals surface area contributed by atoms with Gasteiger partial charge in [-0.2, -0.15) is 4.31 Å². The standard InChI is InChI=1S/C13H18Br2N2O2S/c1-16-7-5-11(6-8-16)17(2)20(18,19)13-4-3-10(14)9-12(13)15/h3-4,9,11H,5-8H2,1-2H3. The van der Waals surface area contributed by atoms with Gasteiger partial charge in [-0.3, -0.25) is 0 Å². The molecule has 0 amide bonds. The highest BCUT2D eigenvalue weighted by molar-refractivity contribution is 9.11. The Morgan fingerprint density at radius 2 is 1.85 bits per heavy atom. The zero-order chi connectivity index (χ0) is 14.9. The first-order chi connectivity index (χ1) is 9.32. The first-order valence-corrected chi connectivity index (χ1v) is 9.46. The maximum absolute atomic E-state index is 12.7. The Labute approximate surface area is 137 Å². The highest BCUT2D eigenvalue weighted by Crippen LogP contribution is 2.29. The van der Waals surface area contributed by atoms with Gasteiger partial charge in [0.25, 0.3) is 0 Å². The van der Waals surface area contributed by atoms with Crippen molar-refractivity contribution in [2.24, 2.45) is 0 Å². The van der Waals surface area contributed by atoms with E-state index in [0.29, 0.717) is 9.37 Å². The molecule has 112 valence electrons. The molecule has 7 heteroatoms. The van der Waals surface area contributed by atoms with Gasteiger partial charge in [-0.1, -0.05) is 15.9 Å². The third-order valence-electron chi connectivity index (χ3n) is 3.75. The molecule has 1 saturated heterocycles. The highest BCUT2D eigenvalue weighted by Gasteiger charge is 2.31. The number of rotatable bonds is 3. The normalized spacial score (nSPS) is 18.6. The van der Waals surface area contributed by atoms with Crippen molar-refractivity contribution in [3.8, 4) is 0 Å². The lowest BCUT2D eigenvalue weighted by molar-refractivity contribution is 0.197. The van der Waals surface area contributed by atoms with Crippen molar-refractivity contribution >= 4 is 41.9 Å². The first-order valence-electron chi connectivity index (χ1n) is 6.44. The second-order valence-corrected chi connectivity index (χ2v) is 8.87. The summed E-state index contributed by atoms with van der Waals surface area (Å²) in [4.78, 5) is 2.55. The predicted octanol–water partition coefficient (Wildman–Crippen LogP) is 2.93. The monoisotopic (exact) mass is 424 g/mol. The van der Waals surface area contributed by atoms with Crippen LogP contribution in [0.4, 0.5) is 0 Å². The molecular formula is C13H18Br2N2O2S. The number of sulfonamides is 1. The molecule has 1 aliphatic heterocycles. The van der Waals surface area contributed by atoms with Crippen LogP contribution in [0.25, 0.3) is 0 Å². The van der Waals surface area contributed by atoms with E-state index in [-0.39, 0.29) is 6.04 Å². The molecule has 1 aliphatic rings. The number of likely N-dealkylation sites (tertiary alicyclic amines) is 1.